The number of aryl methyl sites for hydroxylation is 2. The van der Waals surface area contributed by atoms with Crippen LogP contribution >= 0.6 is 0 Å². The van der Waals surface area contributed by atoms with E-state index in [-0.39, 0.29) is 0 Å². The van der Waals surface area contributed by atoms with E-state index in [9.17, 15) is 0 Å². The lowest BCUT2D eigenvalue weighted by Gasteiger charge is -2.40. The van der Waals surface area contributed by atoms with Gasteiger partial charge in [-0.25, -0.2) is 0 Å². The summed E-state index contributed by atoms with van der Waals surface area (Å²) >= 11 is 0. The van der Waals surface area contributed by atoms with Gasteiger partial charge in [-0.1, -0.05) is 106 Å². The molecule has 0 radical (unpaired) electrons. The first kappa shape index (κ1) is 29.0. The van der Waals surface area contributed by atoms with E-state index in [1.54, 1.807) is 55.6 Å². The third kappa shape index (κ3) is 5.49. The van der Waals surface area contributed by atoms with Gasteiger partial charge in [0.25, 0.3) is 0 Å². The molecular weight excluding hydrogens is 432 g/mol. The summed E-state index contributed by atoms with van der Waals surface area (Å²) < 4.78 is 0. The van der Waals surface area contributed by atoms with Crippen LogP contribution in [0.3, 0.4) is 0 Å². The highest BCUT2D eigenvalue weighted by molar-refractivity contribution is 5.81. The van der Waals surface area contributed by atoms with Gasteiger partial charge in [0.05, 0.1) is 0 Å². The molecule has 0 heteroatoms. The lowest BCUT2D eigenvalue weighted by molar-refractivity contribution is 0.495. The van der Waals surface area contributed by atoms with E-state index in [1.807, 2.05) is 0 Å². The summed E-state index contributed by atoms with van der Waals surface area (Å²) in [6, 6.07) is 5.39. The molecule has 0 saturated carbocycles. The van der Waals surface area contributed by atoms with Crippen molar-refractivity contribution in [2.24, 2.45) is 0 Å². The average molecular weight is 489 g/mol. The highest BCUT2D eigenvalue weighted by Crippen LogP contribution is 2.54. The predicted octanol–water partition coefficient (Wildman–Crippen LogP) is 11.1. The SMILES string of the molecule is CCCc1cc2c(c(CCC)c1CCC)C(CC)C(CC)c1c-2cc(CCC)c(CCC)c1CCC. The average Bonchev–Trinajstić information content (AvgIpc) is 2.87. The minimum absolute atomic E-state index is 0.660. The zero-order valence-corrected chi connectivity index (χ0v) is 25.2. The molecule has 0 N–H and O–H groups in total. The van der Waals surface area contributed by atoms with Crippen molar-refractivity contribution < 1.29 is 0 Å². The number of fused-ring (bicyclic) bond motifs is 3. The fraction of sp³-hybridized carbons (Fsp3) is 0.667. The minimum Gasteiger partial charge on any atom is -0.0651 e. The fourth-order valence-corrected chi connectivity index (χ4v) is 7.57. The summed E-state index contributed by atoms with van der Waals surface area (Å²) in [5.41, 5.74) is 17.0. The normalized spacial score (nSPS) is 16.8. The van der Waals surface area contributed by atoms with Crippen LogP contribution in [0, 0.1) is 0 Å². The van der Waals surface area contributed by atoms with Crippen molar-refractivity contribution in [3.05, 3.63) is 56.6 Å². The summed E-state index contributed by atoms with van der Waals surface area (Å²) in [4.78, 5) is 0. The fourth-order valence-electron chi connectivity index (χ4n) is 7.57. The topological polar surface area (TPSA) is 0 Å². The Morgan fingerprint density at radius 3 is 1.00 bits per heavy atom. The Morgan fingerprint density at radius 2 is 0.722 bits per heavy atom. The second-order valence-electron chi connectivity index (χ2n) is 11.4. The number of rotatable bonds is 14. The van der Waals surface area contributed by atoms with Crippen LogP contribution in [0.1, 0.15) is 163 Å². The van der Waals surface area contributed by atoms with Gasteiger partial charge in [0, 0.05) is 0 Å². The van der Waals surface area contributed by atoms with Gasteiger partial charge in [-0.2, -0.15) is 0 Å². The zero-order valence-electron chi connectivity index (χ0n) is 25.2. The van der Waals surface area contributed by atoms with Crippen molar-refractivity contribution in [2.75, 3.05) is 0 Å². The van der Waals surface area contributed by atoms with Crippen molar-refractivity contribution in [3.63, 3.8) is 0 Å². The van der Waals surface area contributed by atoms with E-state index in [0.29, 0.717) is 11.8 Å². The maximum atomic E-state index is 2.70. The molecule has 0 heterocycles. The highest BCUT2D eigenvalue weighted by atomic mass is 14.4. The van der Waals surface area contributed by atoms with Gasteiger partial charge in [0.1, 0.15) is 0 Å². The lowest BCUT2D eigenvalue weighted by atomic mass is 9.64. The number of benzene rings is 2. The Hall–Kier alpha value is -1.56. The van der Waals surface area contributed by atoms with Crippen LogP contribution in [0.25, 0.3) is 11.1 Å². The second kappa shape index (κ2) is 13.8. The summed E-state index contributed by atoms with van der Waals surface area (Å²) in [7, 11) is 0. The Balaban J connectivity index is 2.51. The minimum atomic E-state index is 0.660. The molecule has 1 aliphatic rings. The molecule has 2 unspecified atom stereocenters. The highest BCUT2D eigenvalue weighted by Gasteiger charge is 2.37. The lowest BCUT2D eigenvalue weighted by Crippen LogP contribution is -2.23. The molecule has 2 atom stereocenters. The van der Waals surface area contributed by atoms with Crippen LogP contribution in [0.2, 0.25) is 0 Å². The van der Waals surface area contributed by atoms with Gasteiger partial charge in [-0.15, -0.1) is 0 Å². The van der Waals surface area contributed by atoms with Gasteiger partial charge in [0.2, 0.25) is 0 Å². The van der Waals surface area contributed by atoms with Crippen LogP contribution < -0.4 is 0 Å². The first-order valence-corrected chi connectivity index (χ1v) is 15.9. The van der Waals surface area contributed by atoms with Crippen LogP contribution in [0.4, 0.5) is 0 Å². The summed E-state index contributed by atoms with van der Waals surface area (Å²) in [5, 5.41) is 0. The van der Waals surface area contributed by atoms with E-state index in [2.05, 4.69) is 67.5 Å². The van der Waals surface area contributed by atoms with Crippen LogP contribution in [-0.2, 0) is 38.5 Å². The van der Waals surface area contributed by atoms with Crippen molar-refractivity contribution in [1.82, 2.24) is 0 Å². The van der Waals surface area contributed by atoms with E-state index in [1.165, 1.54) is 89.9 Å². The van der Waals surface area contributed by atoms with Gasteiger partial charge < -0.3 is 0 Å². The summed E-state index contributed by atoms with van der Waals surface area (Å²) in [6.07, 6.45) is 17.4. The van der Waals surface area contributed by atoms with Gasteiger partial charge in [-0.05, 0) is 119 Å². The molecule has 2 aromatic rings. The molecule has 0 bridgehead atoms. The molecule has 0 amide bonds. The molecule has 3 rings (SSSR count). The smallest absolute Gasteiger partial charge is 0.00865 e. The van der Waals surface area contributed by atoms with E-state index >= 15 is 0 Å². The second-order valence-corrected chi connectivity index (χ2v) is 11.4. The summed E-state index contributed by atoms with van der Waals surface area (Å²) in [6.45, 7) is 19.2. The van der Waals surface area contributed by atoms with Crippen molar-refractivity contribution in [3.8, 4) is 11.1 Å². The quantitative estimate of drug-likeness (QED) is 0.248. The van der Waals surface area contributed by atoms with Crippen molar-refractivity contribution in [2.45, 2.75) is 157 Å². The molecule has 0 fully saturated rings. The monoisotopic (exact) mass is 488 g/mol. The first-order chi connectivity index (χ1) is 17.6. The zero-order chi connectivity index (χ0) is 26.2. The number of hydrogen-bond donors (Lipinski definition) is 0. The molecule has 200 valence electrons. The molecule has 0 saturated heterocycles. The van der Waals surface area contributed by atoms with Gasteiger partial charge >= 0.3 is 0 Å². The first-order valence-electron chi connectivity index (χ1n) is 15.9. The summed E-state index contributed by atoms with van der Waals surface area (Å²) in [5.74, 6) is 1.32. The Bertz CT molecular complexity index is 911. The van der Waals surface area contributed by atoms with Gasteiger partial charge in [-0.3, -0.25) is 0 Å². The largest absolute Gasteiger partial charge is 0.0651 e. The maximum absolute atomic E-state index is 2.70. The molecular formula is C36H56. The van der Waals surface area contributed by atoms with Crippen LogP contribution in [-0.4, -0.2) is 0 Å². The van der Waals surface area contributed by atoms with E-state index in [4.69, 9.17) is 0 Å². The molecule has 0 aliphatic heterocycles. The Morgan fingerprint density at radius 1 is 0.417 bits per heavy atom. The van der Waals surface area contributed by atoms with Crippen molar-refractivity contribution in [1.29, 1.82) is 0 Å². The van der Waals surface area contributed by atoms with Crippen molar-refractivity contribution >= 4 is 0 Å². The Labute approximate surface area is 224 Å². The molecule has 0 nitrogen and oxygen atoms in total. The molecule has 0 aromatic heterocycles. The molecule has 36 heavy (non-hydrogen) atoms. The Kier molecular flexibility index (Phi) is 11.1. The van der Waals surface area contributed by atoms with E-state index in [0.717, 1.165) is 0 Å². The number of hydrogen-bond acceptors (Lipinski definition) is 0. The third-order valence-electron chi connectivity index (χ3n) is 8.81. The van der Waals surface area contributed by atoms with Crippen LogP contribution in [0.15, 0.2) is 12.1 Å². The van der Waals surface area contributed by atoms with Gasteiger partial charge in [0.15, 0.2) is 0 Å². The third-order valence-corrected chi connectivity index (χ3v) is 8.81. The standard InChI is InChI=1S/C36H56/c1-9-17-25-23-33-34-24-26(18-10-2)30(20-12-4)32(22-14-6)36(34)28(16-8)27(15-7)35(33)31(21-13-5)29(25)19-11-3/h23-24,27-28H,9-22H2,1-8H3. The molecule has 0 spiro atoms. The molecule has 1 aliphatic carbocycles. The molecule has 2 aromatic carbocycles. The van der Waals surface area contributed by atoms with Crippen LogP contribution in [0.5, 0.6) is 0 Å². The predicted molar refractivity (Wildman–Crippen MR) is 162 cm³/mol. The van der Waals surface area contributed by atoms with E-state index < -0.39 is 0 Å². The maximum Gasteiger partial charge on any atom is -0.00865 e.